The Morgan fingerprint density at radius 3 is 1.47 bits per heavy atom. The van der Waals surface area contributed by atoms with Gasteiger partial charge in [0.15, 0.2) is 0 Å². The minimum absolute atomic E-state index is 0. The van der Waals surface area contributed by atoms with Crippen LogP contribution in [0.3, 0.4) is 0 Å². The van der Waals surface area contributed by atoms with Gasteiger partial charge in [0.1, 0.15) is 17.8 Å². The van der Waals surface area contributed by atoms with Crippen LogP contribution in [0.4, 0.5) is 51.0 Å². The smallest absolute Gasteiger partial charge is 0.384 e. The van der Waals surface area contributed by atoms with E-state index in [9.17, 15) is 53.9 Å². The van der Waals surface area contributed by atoms with Crippen molar-refractivity contribution in [3.8, 4) is 33.4 Å². The van der Waals surface area contributed by atoms with Gasteiger partial charge in [0.25, 0.3) is 11.1 Å². The summed E-state index contributed by atoms with van der Waals surface area (Å²) in [7, 11) is 0. The maximum atomic E-state index is 13.7. The molecule has 0 unspecified atom stereocenters. The number of fused-ring (bicyclic) bond motifs is 3. The third kappa shape index (κ3) is 12.0. The quantitative estimate of drug-likeness (QED) is 0.0643. The highest BCUT2D eigenvalue weighted by molar-refractivity contribution is 6.68. The fourth-order valence-electron chi connectivity index (χ4n) is 8.14. The van der Waals surface area contributed by atoms with Crippen LogP contribution in [-0.2, 0) is 22.6 Å². The summed E-state index contributed by atoms with van der Waals surface area (Å²) in [5.74, 6) is -0.976. The number of anilines is 2. The highest BCUT2D eigenvalue weighted by Crippen LogP contribution is 2.51. The van der Waals surface area contributed by atoms with Crippen molar-refractivity contribution in [2.45, 2.75) is 36.8 Å². The van der Waals surface area contributed by atoms with Gasteiger partial charge in [-0.15, -0.1) is 12.4 Å². The van der Waals surface area contributed by atoms with Crippen LogP contribution in [0.15, 0.2) is 164 Å². The Labute approximate surface area is 406 Å². The van der Waals surface area contributed by atoms with Crippen LogP contribution < -0.4 is 16.0 Å². The van der Waals surface area contributed by atoms with Gasteiger partial charge in [-0.25, -0.2) is 4.98 Å². The van der Waals surface area contributed by atoms with E-state index in [0.29, 0.717) is 52.0 Å². The van der Waals surface area contributed by atoms with E-state index in [1.54, 1.807) is 78.9 Å². The highest BCUT2D eigenvalue weighted by Gasteiger charge is 2.49. The molecule has 3 N–H and O–H groups in total. The number of halogens is 11. The molecular weight excluding hydrogens is 970 g/mol. The van der Waals surface area contributed by atoms with Gasteiger partial charge < -0.3 is 16.0 Å². The molecule has 0 saturated carbocycles. The second-order valence-corrected chi connectivity index (χ2v) is 16.1. The topological polar surface area (TPSA) is 100 Å². The number of pyridine rings is 1. The summed E-state index contributed by atoms with van der Waals surface area (Å²) < 4.78 is 116. The van der Waals surface area contributed by atoms with E-state index in [4.69, 9.17) is 11.6 Å². The van der Waals surface area contributed by atoms with Crippen LogP contribution in [0.2, 0.25) is 0 Å². The normalized spacial score (nSPS) is 12.5. The summed E-state index contributed by atoms with van der Waals surface area (Å²) >= 11 is 5.44. The highest BCUT2D eigenvalue weighted by atomic mass is 35.5. The molecule has 0 atom stereocenters. The van der Waals surface area contributed by atoms with E-state index in [1.165, 1.54) is 36.5 Å². The van der Waals surface area contributed by atoms with E-state index >= 15 is 0 Å². The van der Waals surface area contributed by atoms with Crippen LogP contribution >= 0.6 is 24.0 Å². The Morgan fingerprint density at radius 2 is 1.01 bits per heavy atom. The molecule has 6 aromatic carbocycles. The first-order valence-corrected chi connectivity index (χ1v) is 21.4. The summed E-state index contributed by atoms with van der Waals surface area (Å²) in [5, 5.41) is 7.42. The van der Waals surface area contributed by atoms with Crippen molar-refractivity contribution in [1.29, 1.82) is 0 Å². The fourth-order valence-corrected chi connectivity index (χ4v) is 8.31. The molecule has 7 aromatic rings. The number of alkyl halides is 9. The zero-order valence-electron chi connectivity index (χ0n) is 36.3. The van der Waals surface area contributed by atoms with Crippen LogP contribution in [0, 0.1) is 0 Å². The molecule has 70 heavy (non-hydrogen) atoms. The zero-order chi connectivity index (χ0) is 49.6. The lowest BCUT2D eigenvalue weighted by Crippen LogP contribution is -2.47. The van der Waals surface area contributed by atoms with E-state index in [1.807, 2.05) is 24.3 Å². The molecule has 1 aliphatic carbocycles. The zero-order valence-corrected chi connectivity index (χ0v) is 37.8. The Bertz CT molecular complexity index is 2920. The minimum Gasteiger partial charge on any atom is -0.384 e. The number of hydrogen-bond acceptors (Lipinski definition) is 5. The molecule has 0 spiro atoms. The number of carbonyl (C=O) groups is 3. The largest absolute Gasteiger partial charge is 0.416 e. The van der Waals surface area contributed by atoms with Crippen molar-refractivity contribution in [3.05, 3.63) is 197 Å². The van der Waals surface area contributed by atoms with Crippen molar-refractivity contribution < 1.29 is 53.9 Å². The van der Waals surface area contributed by atoms with Gasteiger partial charge in [0.05, 0.1) is 23.0 Å². The fraction of sp³-hybridized carbons (Fsp3) is 0.154. The number of benzene rings is 6. The predicted molar refractivity (Wildman–Crippen MR) is 253 cm³/mol. The Balaban J connectivity index is 0.000000337. The SMILES string of the molecule is Cl.O=C(Cl)c1ccccc1-c1ccc(C(F)(F)F)cc1.O=C(Nc1ccc(NCCCC2(C(=O)NCC(F)(F)F)c3ccccc3-c3ccccc32)cn1)c1ccccc1-c1ccc(C(F)(F)F)cc1. The molecule has 2 amide bonds. The molecule has 0 fully saturated rings. The third-order valence-corrected chi connectivity index (χ3v) is 11.5. The van der Waals surface area contributed by atoms with E-state index in [-0.39, 0.29) is 35.8 Å². The average molecular weight is 1010 g/mol. The van der Waals surface area contributed by atoms with Crippen LogP contribution in [0.5, 0.6) is 0 Å². The Morgan fingerprint density at radius 1 is 0.557 bits per heavy atom. The van der Waals surface area contributed by atoms with Gasteiger partial charge in [0.2, 0.25) is 5.91 Å². The first-order chi connectivity index (χ1) is 32.8. The number of carbonyl (C=O) groups excluding carboxylic acids is 3. The second kappa shape index (κ2) is 21.6. The van der Waals surface area contributed by atoms with Gasteiger partial charge in [-0.2, -0.15) is 39.5 Å². The Hall–Kier alpha value is -7.17. The molecule has 1 aromatic heterocycles. The first kappa shape index (κ1) is 52.2. The van der Waals surface area contributed by atoms with Crippen LogP contribution in [0.25, 0.3) is 33.4 Å². The van der Waals surface area contributed by atoms with E-state index in [0.717, 1.165) is 35.4 Å². The molecular formula is C52H39Cl2F9N4O3. The first-order valence-electron chi connectivity index (χ1n) is 21.0. The van der Waals surface area contributed by atoms with Gasteiger partial charge in [0, 0.05) is 17.7 Å². The maximum absolute atomic E-state index is 13.7. The molecule has 1 heterocycles. The van der Waals surface area contributed by atoms with Crippen molar-refractivity contribution in [2.24, 2.45) is 0 Å². The van der Waals surface area contributed by atoms with Crippen molar-refractivity contribution in [3.63, 3.8) is 0 Å². The summed E-state index contributed by atoms with van der Waals surface area (Å²) in [6.07, 6.45) is -11.3. The van der Waals surface area contributed by atoms with Gasteiger partial charge in [-0.05, 0) is 117 Å². The monoisotopic (exact) mass is 1010 g/mol. The number of hydrogen-bond donors (Lipinski definition) is 3. The maximum Gasteiger partial charge on any atom is 0.416 e. The van der Waals surface area contributed by atoms with E-state index in [2.05, 4.69) is 20.9 Å². The van der Waals surface area contributed by atoms with Crippen molar-refractivity contribution in [1.82, 2.24) is 10.3 Å². The lowest BCUT2D eigenvalue weighted by atomic mass is 9.73. The van der Waals surface area contributed by atoms with Gasteiger partial charge in [-0.1, -0.05) is 109 Å². The molecule has 362 valence electrons. The average Bonchev–Trinajstić information content (AvgIpc) is 3.62. The number of nitrogens with one attached hydrogen (secondary N) is 3. The summed E-state index contributed by atoms with van der Waals surface area (Å²) in [6, 6.07) is 40.0. The lowest BCUT2D eigenvalue weighted by Gasteiger charge is -2.31. The van der Waals surface area contributed by atoms with Gasteiger partial charge >= 0.3 is 18.5 Å². The van der Waals surface area contributed by atoms with Crippen LogP contribution in [-0.4, -0.2) is 41.3 Å². The van der Waals surface area contributed by atoms with E-state index < -0.39 is 58.7 Å². The molecule has 0 aliphatic heterocycles. The number of amides is 2. The second-order valence-electron chi connectivity index (χ2n) is 15.7. The van der Waals surface area contributed by atoms with Crippen LogP contribution in [0.1, 0.15) is 55.8 Å². The molecule has 1 aliphatic rings. The molecule has 0 saturated heterocycles. The molecule has 7 nitrogen and oxygen atoms in total. The third-order valence-electron chi connectivity index (χ3n) is 11.3. The van der Waals surface area contributed by atoms with Gasteiger partial charge in [-0.3, -0.25) is 14.4 Å². The summed E-state index contributed by atoms with van der Waals surface area (Å²) in [6.45, 7) is -1.07. The van der Waals surface area contributed by atoms with Crippen molar-refractivity contribution >= 4 is 52.6 Å². The number of rotatable bonds is 12. The van der Waals surface area contributed by atoms with Crippen molar-refractivity contribution in [2.75, 3.05) is 23.7 Å². The molecule has 18 heteroatoms. The Kier molecular flexibility index (Phi) is 16.1. The summed E-state index contributed by atoms with van der Waals surface area (Å²) in [4.78, 5) is 42.4. The predicted octanol–water partition coefficient (Wildman–Crippen LogP) is 14.0. The molecule has 0 bridgehead atoms. The molecule has 8 rings (SSSR count). The lowest BCUT2D eigenvalue weighted by molar-refractivity contribution is -0.141. The molecule has 0 radical (unpaired) electrons. The number of nitrogens with zero attached hydrogens (tertiary/aromatic N) is 1. The summed E-state index contributed by atoms with van der Waals surface area (Å²) in [5.41, 5.74) is 3.13. The standard InChI is InChI=1S/C38H30F6N4O2.C14H8ClF3O.ClH/c39-37(40,41)23-47-35(50)36(31-12-5-3-9-28(31)29-10-4-6-13-32(29)36)20-7-21-45-26-18-19-33(46-22-26)48-34(49)30-11-2-1-8-27(30)24-14-16-25(17-15-24)38(42,43)44;15-13(19)12-4-2-1-3-11(12)9-5-7-10(8-6-9)14(16,17)18;/h1-6,8-19,22,45H,7,20-21,23H2,(H,47,50)(H,46,48,49);1-8H;1H. The number of aromatic nitrogens is 1. The minimum atomic E-state index is -4.57.